The Bertz CT molecular complexity index is 450. The van der Waals surface area contributed by atoms with Crippen molar-refractivity contribution < 1.29 is 9.59 Å². The molecule has 0 heterocycles. The maximum absolute atomic E-state index is 11.8. The van der Waals surface area contributed by atoms with E-state index in [9.17, 15) is 9.59 Å². The van der Waals surface area contributed by atoms with Crippen LogP contribution in [0.15, 0.2) is 24.3 Å². The van der Waals surface area contributed by atoms with Crippen molar-refractivity contribution in [2.24, 2.45) is 0 Å². The molecular formula is C14H19N3O2. The number of benzene rings is 1. The van der Waals surface area contributed by atoms with E-state index in [0.717, 1.165) is 12.8 Å². The van der Waals surface area contributed by atoms with Gasteiger partial charge in [-0.15, -0.1) is 0 Å². The zero-order valence-corrected chi connectivity index (χ0v) is 10.8. The van der Waals surface area contributed by atoms with Crippen molar-refractivity contribution in [2.45, 2.75) is 31.7 Å². The smallest absolute Gasteiger partial charge is 0.251 e. The fourth-order valence-electron chi connectivity index (χ4n) is 2.25. The molecule has 0 spiro atoms. The van der Waals surface area contributed by atoms with Gasteiger partial charge in [0.25, 0.3) is 5.91 Å². The lowest BCUT2D eigenvalue weighted by Crippen LogP contribution is -2.40. The van der Waals surface area contributed by atoms with Gasteiger partial charge in [-0.05, 0) is 37.1 Å². The van der Waals surface area contributed by atoms with Crippen molar-refractivity contribution in [3.05, 3.63) is 29.8 Å². The largest absolute Gasteiger partial charge is 0.399 e. The number of carbonyl (C=O) groups excluding carboxylic acids is 2. The molecule has 4 N–H and O–H groups in total. The second-order valence-corrected chi connectivity index (χ2v) is 4.85. The van der Waals surface area contributed by atoms with Crippen LogP contribution in [-0.2, 0) is 4.79 Å². The SMILES string of the molecule is Nc1ccc(C(=O)NCC(=O)NC2CCCC2)cc1. The number of hydrogen-bond donors (Lipinski definition) is 3. The zero-order valence-electron chi connectivity index (χ0n) is 10.8. The molecule has 0 atom stereocenters. The second kappa shape index (κ2) is 6.22. The summed E-state index contributed by atoms with van der Waals surface area (Å²) in [4.78, 5) is 23.4. The molecule has 0 bridgehead atoms. The van der Waals surface area contributed by atoms with E-state index in [0.29, 0.717) is 11.3 Å². The maximum Gasteiger partial charge on any atom is 0.251 e. The molecule has 1 aliphatic carbocycles. The third-order valence-corrected chi connectivity index (χ3v) is 3.30. The van der Waals surface area contributed by atoms with Gasteiger partial charge in [-0.2, -0.15) is 0 Å². The molecule has 0 saturated heterocycles. The molecule has 0 unspecified atom stereocenters. The summed E-state index contributed by atoms with van der Waals surface area (Å²) in [5, 5.41) is 5.52. The van der Waals surface area contributed by atoms with Crippen LogP contribution < -0.4 is 16.4 Å². The quantitative estimate of drug-likeness (QED) is 0.708. The number of nitrogens with two attached hydrogens (primary N) is 1. The van der Waals surface area contributed by atoms with E-state index in [1.807, 2.05) is 0 Å². The monoisotopic (exact) mass is 261 g/mol. The Hall–Kier alpha value is -2.04. The summed E-state index contributed by atoms with van der Waals surface area (Å²) < 4.78 is 0. The van der Waals surface area contributed by atoms with Crippen LogP contribution in [0.2, 0.25) is 0 Å². The van der Waals surface area contributed by atoms with Gasteiger partial charge >= 0.3 is 0 Å². The van der Waals surface area contributed by atoms with Crippen molar-refractivity contribution >= 4 is 17.5 Å². The molecule has 5 heteroatoms. The van der Waals surface area contributed by atoms with Crippen LogP contribution >= 0.6 is 0 Å². The number of nitrogens with one attached hydrogen (secondary N) is 2. The van der Waals surface area contributed by atoms with Crippen LogP contribution in [0, 0.1) is 0 Å². The van der Waals surface area contributed by atoms with Crippen LogP contribution in [-0.4, -0.2) is 24.4 Å². The average Bonchev–Trinajstić information content (AvgIpc) is 2.89. The number of hydrogen-bond acceptors (Lipinski definition) is 3. The van der Waals surface area contributed by atoms with E-state index in [1.165, 1.54) is 12.8 Å². The van der Waals surface area contributed by atoms with Crippen molar-refractivity contribution in [1.82, 2.24) is 10.6 Å². The third kappa shape index (κ3) is 3.98. The normalized spacial score (nSPS) is 15.2. The molecule has 1 aromatic carbocycles. The molecule has 1 aromatic rings. The molecule has 2 amide bonds. The predicted octanol–water partition coefficient (Wildman–Crippen LogP) is 1.06. The summed E-state index contributed by atoms with van der Waals surface area (Å²) >= 11 is 0. The Morgan fingerprint density at radius 1 is 1.16 bits per heavy atom. The molecule has 102 valence electrons. The minimum Gasteiger partial charge on any atom is -0.399 e. The molecule has 5 nitrogen and oxygen atoms in total. The number of rotatable bonds is 4. The molecular weight excluding hydrogens is 242 g/mol. The van der Waals surface area contributed by atoms with Crippen molar-refractivity contribution in [3.8, 4) is 0 Å². The summed E-state index contributed by atoms with van der Waals surface area (Å²) in [5.74, 6) is -0.391. The molecule has 1 aliphatic rings. The molecule has 0 aliphatic heterocycles. The van der Waals surface area contributed by atoms with E-state index < -0.39 is 0 Å². The van der Waals surface area contributed by atoms with Crippen LogP contribution in [0.3, 0.4) is 0 Å². The van der Waals surface area contributed by atoms with Crippen LogP contribution in [0.25, 0.3) is 0 Å². The van der Waals surface area contributed by atoms with Gasteiger partial charge in [0.15, 0.2) is 0 Å². The second-order valence-electron chi connectivity index (χ2n) is 4.85. The van der Waals surface area contributed by atoms with Gasteiger partial charge in [-0.3, -0.25) is 9.59 Å². The highest BCUT2D eigenvalue weighted by atomic mass is 16.2. The standard InChI is InChI=1S/C14H19N3O2/c15-11-7-5-10(6-8-11)14(19)16-9-13(18)17-12-3-1-2-4-12/h5-8,12H,1-4,9,15H2,(H,16,19)(H,17,18). The van der Waals surface area contributed by atoms with Crippen LogP contribution in [0.1, 0.15) is 36.0 Å². The first kappa shape index (κ1) is 13.4. The van der Waals surface area contributed by atoms with E-state index in [1.54, 1.807) is 24.3 Å². The van der Waals surface area contributed by atoms with Gasteiger partial charge in [0.1, 0.15) is 0 Å². The van der Waals surface area contributed by atoms with E-state index >= 15 is 0 Å². The number of anilines is 1. The first-order chi connectivity index (χ1) is 9.15. The first-order valence-corrected chi connectivity index (χ1v) is 6.58. The van der Waals surface area contributed by atoms with Crippen LogP contribution in [0.5, 0.6) is 0 Å². The fourth-order valence-corrected chi connectivity index (χ4v) is 2.25. The highest BCUT2D eigenvalue weighted by molar-refractivity contribution is 5.96. The van der Waals surface area contributed by atoms with Gasteiger partial charge in [-0.1, -0.05) is 12.8 Å². The molecule has 0 radical (unpaired) electrons. The zero-order chi connectivity index (χ0) is 13.7. The molecule has 19 heavy (non-hydrogen) atoms. The number of nitrogen functional groups attached to an aromatic ring is 1. The van der Waals surface area contributed by atoms with E-state index in [-0.39, 0.29) is 24.4 Å². The van der Waals surface area contributed by atoms with Crippen molar-refractivity contribution in [1.29, 1.82) is 0 Å². The summed E-state index contributed by atoms with van der Waals surface area (Å²) in [7, 11) is 0. The first-order valence-electron chi connectivity index (χ1n) is 6.58. The lowest BCUT2D eigenvalue weighted by molar-refractivity contribution is -0.120. The topological polar surface area (TPSA) is 84.2 Å². The summed E-state index contributed by atoms with van der Waals surface area (Å²) in [6.45, 7) is 0.0136. The molecule has 0 aromatic heterocycles. The fraction of sp³-hybridized carbons (Fsp3) is 0.429. The summed E-state index contributed by atoms with van der Waals surface area (Å²) in [6, 6.07) is 6.88. The van der Waals surface area contributed by atoms with Gasteiger partial charge in [0.05, 0.1) is 6.54 Å². The number of amides is 2. The highest BCUT2D eigenvalue weighted by Gasteiger charge is 2.17. The van der Waals surface area contributed by atoms with Gasteiger partial charge in [0, 0.05) is 17.3 Å². The van der Waals surface area contributed by atoms with Gasteiger partial charge in [0.2, 0.25) is 5.91 Å². The van der Waals surface area contributed by atoms with Crippen molar-refractivity contribution in [2.75, 3.05) is 12.3 Å². The lowest BCUT2D eigenvalue weighted by atomic mass is 10.2. The van der Waals surface area contributed by atoms with Crippen LogP contribution in [0.4, 0.5) is 5.69 Å². The summed E-state index contributed by atoms with van der Waals surface area (Å²) in [6.07, 6.45) is 4.42. The Balaban J connectivity index is 1.76. The Kier molecular flexibility index (Phi) is 4.39. The molecule has 2 rings (SSSR count). The minimum atomic E-state index is -0.262. The predicted molar refractivity (Wildman–Crippen MR) is 73.6 cm³/mol. The van der Waals surface area contributed by atoms with Gasteiger partial charge in [-0.25, -0.2) is 0 Å². The van der Waals surface area contributed by atoms with E-state index in [2.05, 4.69) is 10.6 Å². The number of carbonyl (C=O) groups is 2. The molecule has 1 saturated carbocycles. The molecule has 1 fully saturated rings. The van der Waals surface area contributed by atoms with E-state index in [4.69, 9.17) is 5.73 Å². The highest BCUT2D eigenvalue weighted by Crippen LogP contribution is 2.17. The minimum absolute atomic E-state index is 0.0136. The lowest BCUT2D eigenvalue weighted by Gasteiger charge is -2.12. The van der Waals surface area contributed by atoms with Gasteiger partial charge < -0.3 is 16.4 Å². The Morgan fingerprint density at radius 2 is 1.79 bits per heavy atom. The Labute approximate surface area is 112 Å². The summed E-state index contributed by atoms with van der Waals surface area (Å²) in [5.41, 5.74) is 6.65. The maximum atomic E-state index is 11.8. The average molecular weight is 261 g/mol. The van der Waals surface area contributed by atoms with Crippen molar-refractivity contribution in [3.63, 3.8) is 0 Å². The Morgan fingerprint density at radius 3 is 2.42 bits per heavy atom. The third-order valence-electron chi connectivity index (χ3n) is 3.30.